The molecule has 58 heavy (non-hydrogen) atoms. The van der Waals surface area contributed by atoms with Crippen LogP contribution in [0.5, 0.6) is 11.5 Å². The molecule has 0 saturated carbocycles. The number of anilines is 4. The predicted molar refractivity (Wildman–Crippen MR) is 234 cm³/mol. The maximum atomic E-state index is 9.26. The summed E-state index contributed by atoms with van der Waals surface area (Å²) in [4.78, 5) is 8.91. The summed E-state index contributed by atoms with van der Waals surface area (Å²) in [5.74, 6) is 1.88. The molecule has 0 spiro atoms. The van der Waals surface area contributed by atoms with Gasteiger partial charge in [0.1, 0.15) is 5.82 Å². The van der Waals surface area contributed by atoms with Crippen molar-refractivity contribution in [1.82, 2.24) is 9.55 Å². The molecular weight excluding hydrogens is 892 g/mol. The fourth-order valence-corrected chi connectivity index (χ4v) is 7.68. The van der Waals surface area contributed by atoms with E-state index in [1.807, 2.05) is 138 Å². The summed E-state index contributed by atoms with van der Waals surface area (Å²) in [5, 5.41) is 2.16. The molecule has 5 nitrogen and oxygen atoms in total. The van der Waals surface area contributed by atoms with Crippen molar-refractivity contribution < 1.29 is 29.9 Å². The molecule has 3 heterocycles. The maximum absolute atomic E-state index is 9.26. The quantitative estimate of drug-likeness (QED) is 0.149. The topological polar surface area (TPSA) is 33.5 Å². The first-order valence-corrected chi connectivity index (χ1v) is 19.1. The van der Waals surface area contributed by atoms with E-state index in [4.69, 9.17) is 11.1 Å². The van der Waals surface area contributed by atoms with Gasteiger partial charge in [-0.05, 0) is 57.8 Å². The van der Waals surface area contributed by atoms with Gasteiger partial charge in [0, 0.05) is 72.5 Å². The third-order valence-corrected chi connectivity index (χ3v) is 10.5. The van der Waals surface area contributed by atoms with E-state index in [1.165, 1.54) is 5.56 Å². The zero-order valence-corrected chi connectivity index (χ0v) is 34.4. The van der Waals surface area contributed by atoms with Gasteiger partial charge in [0.2, 0.25) is 0 Å². The summed E-state index contributed by atoms with van der Waals surface area (Å²) in [6.07, 6.45) is 1.87. The van der Waals surface area contributed by atoms with Gasteiger partial charge < -0.3 is 19.1 Å². The zero-order chi connectivity index (χ0) is 41.1. The number of hydrogen-bond donors (Lipinski definition) is 0. The van der Waals surface area contributed by atoms with Crippen LogP contribution in [0.2, 0.25) is 0 Å². The molecule has 10 rings (SSSR count). The molecule has 0 amide bonds. The van der Waals surface area contributed by atoms with E-state index >= 15 is 0 Å². The van der Waals surface area contributed by atoms with Gasteiger partial charge in [-0.3, -0.25) is 0 Å². The molecule has 0 bridgehead atoms. The van der Waals surface area contributed by atoms with Crippen molar-refractivity contribution in [3.63, 3.8) is 0 Å². The average molecular weight is 934 g/mol. The van der Waals surface area contributed by atoms with Crippen LogP contribution in [0.25, 0.3) is 49.9 Å². The number of pyridine rings is 1. The summed E-state index contributed by atoms with van der Waals surface area (Å²) < 4.78 is 36.2. The first kappa shape index (κ1) is 33.7. The van der Waals surface area contributed by atoms with Crippen LogP contribution < -0.4 is 14.5 Å². The van der Waals surface area contributed by atoms with Crippen LogP contribution >= 0.6 is 0 Å². The summed E-state index contributed by atoms with van der Waals surface area (Å²) in [6, 6.07) is 56.9. The minimum atomic E-state index is -0.121. The van der Waals surface area contributed by atoms with E-state index in [2.05, 4.69) is 73.9 Å². The van der Waals surface area contributed by atoms with Gasteiger partial charge in [-0.1, -0.05) is 135 Å². The van der Waals surface area contributed by atoms with E-state index in [-0.39, 0.29) is 44.6 Å². The number of nitrogens with zero attached hydrogens (tertiary/aromatic N) is 4. The van der Waals surface area contributed by atoms with E-state index < -0.39 is 0 Å². The molecule has 286 valence electrons. The normalized spacial score (nSPS) is 13.2. The molecule has 0 N–H and O–H groups in total. The first-order chi connectivity index (χ1) is 29.2. The van der Waals surface area contributed by atoms with Crippen molar-refractivity contribution in [2.75, 3.05) is 9.80 Å². The number of benzene rings is 7. The van der Waals surface area contributed by atoms with Crippen LogP contribution in [0.15, 0.2) is 176 Å². The Hall–Kier alpha value is -6.42. The van der Waals surface area contributed by atoms with Crippen LogP contribution in [0.4, 0.5) is 22.7 Å². The summed E-state index contributed by atoms with van der Waals surface area (Å²) in [7, 11) is 0. The van der Waals surface area contributed by atoms with E-state index in [9.17, 15) is 2.74 Å². The molecule has 0 saturated heterocycles. The summed E-state index contributed by atoms with van der Waals surface area (Å²) >= 11 is 0. The minimum absolute atomic E-state index is 0. The maximum Gasteiger partial charge on any atom is 0.135 e. The van der Waals surface area contributed by atoms with Gasteiger partial charge in [-0.15, -0.1) is 48.1 Å². The van der Waals surface area contributed by atoms with E-state index in [0.29, 0.717) is 28.3 Å². The Labute approximate surface area is 358 Å². The molecule has 7 aromatic carbocycles. The van der Waals surface area contributed by atoms with Crippen molar-refractivity contribution >= 4 is 44.6 Å². The van der Waals surface area contributed by atoms with Crippen molar-refractivity contribution in [3.8, 4) is 39.6 Å². The largest absolute Gasteiger partial charge is 0.509 e. The second-order valence-corrected chi connectivity index (χ2v) is 15.1. The molecule has 1 aliphatic heterocycles. The Morgan fingerprint density at radius 3 is 1.98 bits per heavy atom. The van der Waals surface area contributed by atoms with Crippen LogP contribution in [0.1, 0.15) is 30.4 Å². The van der Waals surface area contributed by atoms with Gasteiger partial charge in [0.15, 0.2) is 0 Å². The van der Waals surface area contributed by atoms with E-state index in [1.54, 1.807) is 0 Å². The van der Waals surface area contributed by atoms with Gasteiger partial charge in [0.05, 0.1) is 4.11 Å². The fraction of sp³-hybridized carbons (Fsp3) is 0.0769. The molecule has 0 radical (unpaired) electrons. The third-order valence-electron chi connectivity index (χ3n) is 10.5. The molecule has 0 fully saturated rings. The monoisotopic (exact) mass is 933 g/mol. The Bertz CT molecular complexity index is 3030. The van der Waals surface area contributed by atoms with Crippen molar-refractivity contribution in [2.24, 2.45) is 0 Å². The number of fused-ring (bicyclic) bond motifs is 4. The molecule has 1 aliphatic rings. The van der Waals surface area contributed by atoms with Crippen molar-refractivity contribution in [1.29, 1.82) is 0 Å². The fourth-order valence-electron chi connectivity index (χ4n) is 7.68. The number of ether oxygens (including phenoxy) is 1. The summed E-state index contributed by atoms with van der Waals surface area (Å²) in [5.41, 5.74) is 8.93. The summed E-state index contributed by atoms with van der Waals surface area (Å²) in [6.45, 7) is 8.59. The van der Waals surface area contributed by atoms with Crippen molar-refractivity contribution in [3.05, 3.63) is 200 Å². The number of aromatic nitrogens is 2. The molecule has 0 atom stereocenters. The molecule has 2 aromatic heterocycles. The third kappa shape index (κ3) is 6.66. The molecule has 6 heteroatoms. The van der Waals surface area contributed by atoms with Gasteiger partial charge >= 0.3 is 0 Å². The smallest absolute Gasteiger partial charge is 0.135 e. The second-order valence-electron chi connectivity index (χ2n) is 15.1. The molecular formula is C52H39N4OPt-3. The minimum Gasteiger partial charge on any atom is -0.509 e. The number of hydrogen-bond acceptors (Lipinski definition) is 4. The van der Waals surface area contributed by atoms with Crippen LogP contribution in [-0.2, 0) is 26.5 Å². The SMILES string of the molecule is [2H]c1c([2H])c(-c2ccccc2)c(N2[CH-]N(c3[c-]c(Oc4[c-]c5c(cc4)c4ccccc4n5-c4cc(C(C)(C)C)ccn4)ccc3)c3ccccc32)c(-c2ccccc2)c1[2H].[Pt]. The Morgan fingerprint density at radius 2 is 1.28 bits per heavy atom. The standard InChI is InChI=1S/C52H39N4O.Pt/c1-52(2,3)38-30-31-53-50(32-38)56-46-25-11-10-22-44(46)45-29-28-41(34-49(45)56)57-40-21-14-20-39(33-40)54-35-55(48-27-13-12-26-47(48)54)51-42(36-16-6-4-7-17-36)23-15-24-43(51)37-18-8-5-9-19-37;/h4-32,35H,1-3H3;/q-3;/i15D,23D,24D;. The molecule has 0 aliphatic carbocycles. The zero-order valence-electron chi connectivity index (χ0n) is 35.1. The van der Waals surface area contributed by atoms with Gasteiger partial charge in [-0.2, -0.15) is 12.1 Å². The predicted octanol–water partition coefficient (Wildman–Crippen LogP) is 13.6. The van der Waals surface area contributed by atoms with Crippen molar-refractivity contribution in [2.45, 2.75) is 26.2 Å². The Morgan fingerprint density at radius 1 is 0.638 bits per heavy atom. The van der Waals surface area contributed by atoms with Crippen LogP contribution in [0, 0.1) is 18.8 Å². The Kier molecular flexibility index (Phi) is 8.80. The van der Waals surface area contributed by atoms with Crippen LogP contribution in [0.3, 0.4) is 0 Å². The number of para-hydroxylation sites is 4. The van der Waals surface area contributed by atoms with Crippen LogP contribution in [-0.4, -0.2) is 9.55 Å². The molecule has 0 unspecified atom stereocenters. The number of rotatable bonds is 7. The van der Waals surface area contributed by atoms with E-state index in [0.717, 1.165) is 55.8 Å². The van der Waals surface area contributed by atoms with Gasteiger partial charge in [0.25, 0.3) is 0 Å². The average Bonchev–Trinajstić information content (AvgIpc) is 3.82. The second kappa shape index (κ2) is 15.2. The molecule has 9 aromatic rings. The van der Waals surface area contributed by atoms with Gasteiger partial charge in [-0.25, -0.2) is 4.98 Å². The first-order valence-electron chi connectivity index (χ1n) is 20.6. The Balaban J connectivity index is 0.00000476.